The van der Waals surface area contributed by atoms with Crippen LogP contribution in [0.5, 0.6) is 0 Å². The summed E-state index contributed by atoms with van der Waals surface area (Å²) in [6, 6.07) is 8.47. The Balaban J connectivity index is 1.83. The molecule has 0 bridgehead atoms. The summed E-state index contributed by atoms with van der Waals surface area (Å²) >= 11 is 0. The van der Waals surface area contributed by atoms with Crippen molar-refractivity contribution in [3.63, 3.8) is 0 Å². The summed E-state index contributed by atoms with van der Waals surface area (Å²) < 4.78 is 0. The highest BCUT2D eigenvalue weighted by molar-refractivity contribution is 6.27. The quantitative estimate of drug-likeness (QED) is 0.602. The van der Waals surface area contributed by atoms with Gasteiger partial charge in [0.25, 0.3) is 0 Å². The molecule has 0 heterocycles. The van der Waals surface area contributed by atoms with Gasteiger partial charge in [0, 0.05) is 27.9 Å². The molecule has 1 aromatic rings. The molecular weight excluding hydrogens is 356 g/mol. The summed E-state index contributed by atoms with van der Waals surface area (Å²) in [7, 11) is 0. The SMILES string of the molecule is O=C1C=CC(=O)C(C2=C(C3=CC(=O)C=CC3=O)C(C(=O)c3ccccc3)=C2)=C1. The number of carbonyl (C=O) groups is 5. The maximum Gasteiger partial charge on any atom is 0.193 e. The van der Waals surface area contributed by atoms with Crippen LogP contribution in [0.2, 0.25) is 0 Å². The highest BCUT2D eigenvalue weighted by Gasteiger charge is 2.35. The van der Waals surface area contributed by atoms with E-state index >= 15 is 0 Å². The van der Waals surface area contributed by atoms with E-state index in [1.54, 1.807) is 30.3 Å². The third-order valence-electron chi connectivity index (χ3n) is 4.57. The van der Waals surface area contributed by atoms with Gasteiger partial charge in [-0.15, -0.1) is 0 Å². The van der Waals surface area contributed by atoms with E-state index in [2.05, 4.69) is 0 Å². The smallest absolute Gasteiger partial charge is 0.193 e. The predicted molar refractivity (Wildman–Crippen MR) is 100 cm³/mol. The second-order valence-electron chi connectivity index (χ2n) is 6.36. The van der Waals surface area contributed by atoms with Crippen molar-refractivity contribution in [2.45, 2.75) is 0 Å². The first-order valence-electron chi connectivity index (χ1n) is 8.48. The van der Waals surface area contributed by atoms with Crippen LogP contribution in [0.3, 0.4) is 0 Å². The number of allylic oxidation sites excluding steroid dienone is 12. The fourth-order valence-corrected chi connectivity index (χ4v) is 3.21. The van der Waals surface area contributed by atoms with Gasteiger partial charge >= 0.3 is 0 Å². The van der Waals surface area contributed by atoms with Crippen LogP contribution in [-0.2, 0) is 19.2 Å². The summed E-state index contributed by atoms with van der Waals surface area (Å²) in [5.41, 5.74) is 1.31. The van der Waals surface area contributed by atoms with Crippen molar-refractivity contribution >= 4 is 28.9 Å². The zero-order valence-electron chi connectivity index (χ0n) is 14.5. The highest BCUT2D eigenvalue weighted by atomic mass is 16.1. The maximum absolute atomic E-state index is 12.9. The molecule has 0 aliphatic heterocycles. The normalized spacial score (nSPS) is 18.6. The molecule has 0 saturated carbocycles. The largest absolute Gasteiger partial charge is 0.290 e. The molecule has 0 fully saturated rings. The van der Waals surface area contributed by atoms with Crippen molar-refractivity contribution in [2.75, 3.05) is 0 Å². The van der Waals surface area contributed by atoms with Gasteiger partial charge in [-0.3, -0.25) is 24.0 Å². The van der Waals surface area contributed by atoms with Crippen molar-refractivity contribution in [2.24, 2.45) is 0 Å². The molecule has 1 aromatic carbocycles. The van der Waals surface area contributed by atoms with Gasteiger partial charge in [-0.1, -0.05) is 30.3 Å². The molecule has 0 amide bonds. The van der Waals surface area contributed by atoms with Crippen LogP contribution >= 0.6 is 0 Å². The lowest BCUT2D eigenvalue weighted by Gasteiger charge is -2.27. The molecule has 0 spiro atoms. The molecule has 28 heavy (non-hydrogen) atoms. The lowest BCUT2D eigenvalue weighted by atomic mass is 9.73. The fourth-order valence-electron chi connectivity index (χ4n) is 3.21. The second kappa shape index (κ2) is 6.63. The number of hydrogen-bond donors (Lipinski definition) is 0. The topological polar surface area (TPSA) is 85.3 Å². The van der Waals surface area contributed by atoms with Crippen molar-refractivity contribution in [1.29, 1.82) is 0 Å². The van der Waals surface area contributed by atoms with Crippen LogP contribution < -0.4 is 0 Å². The third-order valence-corrected chi connectivity index (χ3v) is 4.57. The van der Waals surface area contributed by atoms with E-state index in [0.29, 0.717) is 11.1 Å². The molecule has 3 aliphatic carbocycles. The molecule has 3 aliphatic rings. The predicted octanol–water partition coefficient (Wildman–Crippen LogP) is 2.37. The van der Waals surface area contributed by atoms with Crippen LogP contribution in [-0.4, -0.2) is 28.9 Å². The third kappa shape index (κ3) is 2.89. The molecule has 0 aromatic heterocycles. The minimum atomic E-state index is -0.440. The Kier molecular flexibility index (Phi) is 4.12. The zero-order chi connectivity index (χ0) is 19.8. The summed E-state index contributed by atoms with van der Waals surface area (Å²) in [6.07, 6.45) is 8.38. The number of rotatable bonds is 4. The molecule has 0 unspecified atom stereocenters. The van der Waals surface area contributed by atoms with Gasteiger partial charge in [-0.2, -0.15) is 0 Å². The lowest BCUT2D eigenvalue weighted by molar-refractivity contribution is -0.114. The Morgan fingerprint density at radius 3 is 1.86 bits per heavy atom. The van der Waals surface area contributed by atoms with Gasteiger partial charge < -0.3 is 0 Å². The standard InChI is InChI=1S/C23H12O5/c24-14-6-8-20(26)16(10-14)17-12-19(23(28)13-4-2-1-3-5-13)22(17)18-11-15(25)7-9-21(18)27/h1-12H. The van der Waals surface area contributed by atoms with Crippen molar-refractivity contribution < 1.29 is 24.0 Å². The van der Waals surface area contributed by atoms with E-state index in [9.17, 15) is 24.0 Å². The molecule has 134 valence electrons. The van der Waals surface area contributed by atoms with Gasteiger partial charge in [0.1, 0.15) is 0 Å². The summed E-state index contributed by atoms with van der Waals surface area (Å²) in [5.74, 6) is -1.93. The van der Waals surface area contributed by atoms with Crippen LogP contribution in [0, 0.1) is 0 Å². The number of ketones is 5. The Hall–Kier alpha value is -3.99. The van der Waals surface area contributed by atoms with E-state index in [-0.39, 0.29) is 39.6 Å². The van der Waals surface area contributed by atoms with Crippen molar-refractivity contribution in [3.05, 3.63) is 106 Å². The second-order valence-corrected chi connectivity index (χ2v) is 6.36. The van der Waals surface area contributed by atoms with Crippen molar-refractivity contribution in [3.8, 4) is 0 Å². The van der Waals surface area contributed by atoms with E-state index in [1.807, 2.05) is 0 Å². The Bertz CT molecular complexity index is 1160. The van der Waals surface area contributed by atoms with Crippen LogP contribution in [0.15, 0.2) is 101 Å². The molecule has 5 heteroatoms. The van der Waals surface area contributed by atoms with Gasteiger partial charge in [0.05, 0.1) is 0 Å². The molecule has 0 radical (unpaired) electrons. The molecule has 0 N–H and O–H groups in total. The number of hydrogen-bond acceptors (Lipinski definition) is 5. The molecule has 5 nitrogen and oxygen atoms in total. The summed E-state index contributed by atoms with van der Waals surface area (Å²) in [5, 5.41) is 0. The number of Topliss-reactive ketones (excluding diaryl/α,β-unsaturated/α-hetero) is 1. The highest BCUT2D eigenvalue weighted by Crippen LogP contribution is 2.41. The van der Waals surface area contributed by atoms with Gasteiger partial charge in [-0.25, -0.2) is 0 Å². The first-order valence-corrected chi connectivity index (χ1v) is 8.48. The first kappa shape index (κ1) is 17.4. The Morgan fingerprint density at radius 1 is 0.643 bits per heavy atom. The minimum absolute atomic E-state index is 0.0417. The van der Waals surface area contributed by atoms with Crippen LogP contribution in [0.1, 0.15) is 10.4 Å². The molecule has 0 atom stereocenters. The monoisotopic (exact) mass is 368 g/mol. The van der Waals surface area contributed by atoms with E-state index in [4.69, 9.17) is 0 Å². The Morgan fingerprint density at radius 2 is 1.21 bits per heavy atom. The van der Waals surface area contributed by atoms with E-state index in [1.165, 1.54) is 12.2 Å². The average molecular weight is 368 g/mol. The van der Waals surface area contributed by atoms with Gasteiger partial charge in [0.2, 0.25) is 0 Å². The lowest BCUT2D eigenvalue weighted by Crippen LogP contribution is -2.24. The minimum Gasteiger partial charge on any atom is -0.290 e. The first-order chi connectivity index (χ1) is 13.5. The molecule has 4 rings (SSSR count). The average Bonchev–Trinajstić information content (AvgIpc) is 2.67. The molecule has 0 saturated heterocycles. The summed E-state index contributed by atoms with van der Waals surface area (Å²) in [4.78, 5) is 61.1. The molecular formula is C23H12O5. The van der Waals surface area contributed by atoms with E-state index < -0.39 is 11.6 Å². The maximum atomic E-state index is 12.9. The van der Waals surface area contributed by atoms with E-state index in [0.717, 1.165) is 30.4 Å². The number of benzene rings is 1. The Labute approximate surface area is 159 Å². The number of carbonyl (C=O) groups excluding carboxylic acids is 5. The summed E-state index contributed by atoms with van der Waals surface area (Å²) in [6.45, 7) is 0. The zero-order valence-corrected chi connectivity index (χ0v) is 14.5. The fraction of sp³-hybridized carbons (Fsp3) is 0. The van der Waals surface area contributed by atoms with Gasteiger partial charge in [-0.05, 0) is 48.1 Å². The van der Waals surface area contributed by atoms with Gasteiger partial charge in [0.15, 0.2) is 28.9 Å². The van der Waals surface area contributed by atoms with Crippen LogP contribution in [0.25, 0.3) is 0 Å². The van der Waals surface area contributed by atoms with Crippen LogP contribution in [0.4, 0.5) is 0 Å². The van der Waals surface area contributed by atoms with Crippen molar-refractivity contribution in [1.82, 2.24) is 0 Å².